The normalized spacial score (nSPS) is 25.1. The molecule has 1 saturated heterocycles. The molecule has 2 heterocycles. The lowest BCUT2D eigenvalue weighted by molar-refractivity contribution is 0.136. The van der Waals surface area contributed by atoms with Gasteiger partial charge >= 0.3 is 0 Å². The van der Waals surface area contributed by atoms with Gasteiger partial charge in [0.15, 0.2) is 0 Å². The number of nitrogens with zero attached hydrogens (tertiary/aromatic N) is 1. The molecular formula is C14H24N2O. The zero-order valence-electron chi connectivity index (χ0n) is 11.1. The number of furan rings is 1. The van der Waals surface area contributed by atoms with E-state index in [0.29, 0.717) is 6.04 Å². The Labute approximate surface area is 104 Å². The lowest BCUT2D eigenvalue weighted by Gasteiger charge is -2.33. The second-order valence-electron chi connectivity index (χ2n) is 5.19. The molecule has 3 unspecified atom stereocenters. The lowest BCUT2D eigenvalue weighted by atomic mass is 10.0. The van der Waals surface area contributed by atoms with Gasteiger partial charge in [0, 0.05) is 12.1 Å². The van der Waals surface area contributed by atoms with Crippen molar-refractivity contribution in [3.05, 3.63) is 23.7 Å². The molecule has 17 heavy (non-hydrogen) atoms. The Kier molecular flexibility index (Phi) is 3.89. The zero-order valence-corrected chi connectivity index (χ0v) is 11.1. The van der Waals surface area contributed by atoms with Gasteiger partial charge < -0.3 is 10.2 Å². The summed E-state index contributed by atoms with van der Waals surface area (Å²) in [5.74, 6) is 2.00. The number of hydrogen-bond donors (Lipinski definition) is 1. The Morgan fingerprint density at radius 3 is 2.82 bits per heavy atom. The molecule has 1 aliphatic heterocycles. The molecule has 1 aliphatic rings. The predicted molar refractivity (Wildman–Crippen MR) is 69.9 cm³/mol. The molecule has 0 saturated carbocycles. The molecule has 2 N–H and O–H groups in total. The smallest absolute Gasteiger partial charge is 0.122 e. The van der Waals surface area contributed by atoms with Crippen molar-refractivity contribution in [2.75, 3.05) is 6.54 Å². The van der Waals surface area contributed by atoms with Gasteiger partial charge in [-0.15, -0.1) is 0 Å². The molecule has 1 aromatic rings. The van der Waals surface area contributed by atoms with Gasteiger partial charge in [0.2, 0.25) is 0 Å². The van der Waals surface area contributed by atoms with Crippen molar-refractivity contribution >= 4 is 0 Å². The highest BCUT2D eigenvalue weighted by atomic mass is 16.3. The van der Waals surface area contributed by atoms with E-state index >= 15 is 0 Å². The first-order valence-corrected chi connectivity index (χ1v) is 6.71. The van der Waals surface area contributed by atoms with E-state index in [2.05, 4.69) is 24.8 Å². The fraction of sp³-hybridized carbons (Fsp3) is 0.714. The third kappa shape index (κ3) is 2.55. The van der Waals surface area contributed by atoms with E-state index in [1.54, 1.807) is 0 Å². The molecule has 1 aromatic heterocycles. The maximum atomic E-state index is 6.17. The quantitative estimate of drug-likeness (QED) is 0.874. The average Bonchev–Trinajstić information content (AvgIpc) is 2.88. The van der Waals surface area contributed by atoms with Crippen LogP contribution in [0.15, 0.2) is 16.5 Å². The highest BCUT2D eigenvalue weighted by Gasteiger charge is 2.34. The van der Waals surface area contributed by atoms with Gasteiger partial charge in [-0.05, 0) is 51.8 Å². The summed E-state index contributed by atoms with van der Waals surface area (Å²) in [6.07, 6.45) is 3.77. The van der Waals surface area contributed by atoms with E-state index < -0.39 is 0 Å². The van der Waals surface area contributed by atoms with Crippen molar-refractivity contribution in [2.24, 2.45) is 5.73 Å². The Balaban J connectivity index is 2.23. The lowest BCUT2D eigenvalue weighted by Crippen LogP contribution is -2.41. The minimum atomic E-state index is 0.104. The summed E-state index contributed by atoms with van der Waals surface area (Å²) >= 11 is 0. The third-order valence-electron chi connectivity index (χ3n) is 3.80. The van der Waals surface area contributed by atoms with Crippen LogP contribution in [-0.2, 0) is 0 Å². The van der Waals surface area contributed by atoms with E-state index in [1.807, 2.05) is 13.0 Å². The van der Waals surface area contributed by atoms with Crippen molar-refractivity contribution in [1.29, 1.82) is 0 Å². The first kappa shape index (κ1) is 12.7. The predicted octanol–water partition coefficient (Wildman–Crippen LogP) is 2.85. The number of nitrogens with two attached hydrogens (primary N) is 1. The molecule has 0 aliphatic carbocycles. The SMILES string of the molecule is CCC1CCCN1C(c1ccc(C)o1)C(C)N. The standard InChI is InChI=1S/C14H24N2O/c1-4-12-6-5-9-16(12)14(11(3)15)13-8-7-10(2)17-13/h7-8,11-12,14H,4-6,9,15H2,1-3H3. The first-order chi connectivity index (χ1) is 8.13. The van der Waals surface area contributed by atoms with E-state index in [1.165, 1.54) is 19.3 Å². The second-order valence-corrected chi connectivity index (χ2v) is 5.19. The van der Waals surface area contributed by atoms with Crippen LogP contribution in [-0.4, -0.2) is 23.5 Å². The molecule has 0 amide bonds. The fourth-order valence-corrected chi connectivity index (χ4v) is 3.00. The van der Waals surface area contributed by atoms with Crippen LogP contribution < -0.4 is 5.73 Å². The Hall–Kier alpha value is -0.800. The van der Waals surface area contributed by atoms with Crippen LogP contribution in [0.5, 0.6) is 0 Å². The van der Waals surface area contributed by atoms with Crippen LogP contribution in [0, 0.1) is 6.92 Å². The second kappa shape index (κ2) is 5.23. The largest absolute Gasteiger partial charge is 0.465 e. The highest BCUT2D eigenvalue weighted by Crippen LogP contribution is 2.33. The minimum Gasteiger partial charge on any atom is -0.465 e. The van der Waals surface area contributed by atoms with Gasteiger partial charge in [-0.1, -0.05) is 6.92 Å². The van der Waals surface area contributed by atoms with Crippen LogP contribution in [0.4, 0.5) is 0 Å². The summed E-state index contributed by atoms with van der Waals surface area (Å²) in [6.45, 7) is 7.47. The highest BCUT2D eigenvalue weighted by molar-refractivity contribution is 5.12. The van der Waals surface area contributed by atoms with Gasteiger partial charge in [0.25, 0.3) is 0 Å². The Morgan fingerprint density at radius 1 is 1.53 bits per heavy atom. The third-order valence-corrected chi connectivity index (χ3v) is 3.80. The van der Waals surface area contributed by atoms with E-state index in [9.17, 15) is 0 Å². The fourth-order valence-electron chi connectivity index (χ4n) is 3.00. The number of rotatable bonds is 4. The minimum absolute atomic E-state index is 0.104. The van der Waals surface area contributed by atoms with Gasteiger partial charge in [-0.2, -0.15) is 0 Å². The topological polar surface area (TPSA) is 42.4 Å². The molecule has 3 nitrogen and oxygen atoms in total. The molecular weight excluding hydrogens is 212 g/mol. The van der Waals surface area contributed by atoms with Crippen molar-refractivity contribution in [1.82, 2.24) is 4.90 Å². The maximum Gasteiger partial charge on any atom is 0.122 e. The van der Waals surface area contributed by atoms with Crippen LogP contribution >= 0.6 is 0 Å². The molecule has 3 heteroatoms. The summed E-state index contributed by atoms with van der Waals surface area (Å²) in [6, 6.07) is 5.11. The molecule has 2 rings (SSSR count). The van der Waals surface area contributed by atoms with E-state index in [-0.39, 0.29) is 12.1 Å². The first-order valence-electron chi connectivity index (χ1n) is 6.71. The number of hydrogen-bond acceptors (Lipinski definition) is 3. The Morgan fingerprint density at radius 2 is 2.29 bits per heavy atom. The van der Waals surface area contributed by atoms with Crippen LogP contribution in [0.3, 0.4) is 0 Å². The molecule has 0 bridgehead atoms. The van der Waals surface area contributed by atoms with Crippen LogP contribution in [0.25, 0.3) is 0 Å². The summed E-state index contributed by atoms with van der Waals surface area (Å²) in [5, 5.41) is 0. The monoisotopic (exact) mass is 236 g/mol. The Bertz CT molecular complexity index is 359. The van der Waals surface area contributed by atoms with Crippen molar-refractivity contribution < 1.29 is 4.42 Å². The molecule has 0 radical (unpaired) electrons. The van der Waals surface area contributed by atoms with Crippen molar-refractivity contribution in [3.63, 3.8) is 0 Å². The van der Waals surface area contributed by atoms with Crippen molar-refractivity contribution in [3.8, 4) is 0 Å². The van der Waals surface area contributed by atoms with Gasteiger partial charge in [-0.3, -0.25) is 4.90 Å². The molecule has 3 atom stereocenters. The molecule has 0 aromatic carbocycles. The van der Waals surface area contributed by atoms with Crippen molar-refractivity contribution in [2.45, 2.75) is 58.2 Å². The summed E-state index contributed by atoms with van der Waals surface area (Å²) < 4.78 is 5.79. The molecule has 96 valence electrons. The average molecular weight is 236 g/mol. The maximum absolute atomic E-state index is 6.17. The number of aryl methyl sites for hydroxylation is 1. The summed E-state index contributed by atoms with van der Waals surface area (Å²) in [4.78, 5) is 2.53. The zero-order chi connectivity index (χ0) is 12.4. The van der Waals surface area contributed by atoms with E-state index in [0.717, 1.165) is 18.1 Å². The summed E-state index contributed by atoms with van der Waals surface area (Å²) in [5.41, 5.74) is 6.17. The van der Waals surface area contributed by atoms with Crippen LogP contribution in [0.1, 0.15) is 50.7 Å². The summed E-state index contributed by atoms with van der Waals surface area (Å²) in [7, 11) is 0. The number of likely N-dealkylation sites (tertiary alicyclic amines) is 1. The van der Waals surface area contributed by atoms with Gasteiger partial charge in [0.05, 0.1) is 6.04 Å². The molecule has 1 fully saturated rings. The molecule has 0 spiro atoms. The van der Waals surface area contributed by atoms with Crippen LogP contribution in [0.2, 0.25) is 0 Å². The van der Waals surface area contributed by atoms with E-state index in [4.69, 9.17) is 10.2 Å². The van der Waals surface area contributed by atoms with Gasteiger partial charge in [-0.25, -0.2) is 0 Å². The van der Waals surface area contributed by atoms with Gasteiger partial charge in [0.1, 0.15) is 11.5 Å².